The molecule has 0 radical (unpaired) electrons. The normalized spacial score (nSPS) is 17.3. The van der Waals surface area contributed by atoms with Gasteiger partial charge in [0.1, 0.15) is 0 Å². The number of terminal acetylenes is 1. The number of thiazole rings is 1. The summed E-state index contributed by atoms with van der Waals surface area (Å²) in [6, 6.07) is 14.0. The monoisotopic (exact) mass is 505 g/mol. The molecule has 2 aliphatic rings. The lowest BCUT2D eigenvalue weighted by Crippen LogP contribution is -2.43. The summed E-state index contributed by atoms with van der Waals surface area (Å²) in [6.45, 7) is 7.31. The van der Waals surface area contributed by atoms with Crippen LogP contribution in [0, 0.1) is 12.3 Å². The lowest BCUT2D eigenvalue weighted by molar-refractivity contribution is 0.206. The van der Waals surface area contributed by atoms with Crippen molar-refractivity contribution in [2.75, 3.05) is 42.9 Å². The van der Waals surface area contributed by atoms with Crippen LogP contribution in [0.15, 0.2) is 47.8 Å². The summed E-state index contributed by atoms with van der Waals surface area (Å²) in [6.07, 6.45) is 6.76. The van der Waals surface area contributed by atoms with Crippen LogP contribution in [0.4, 0.5) is 15.6 Å². The van der Waals surface area contributed by atoms with E-state index in [4.69, 9.17) is 18.0 Å². The molecule has 5 rings (SSSR count). The molecule has 1 aromatic heterocycles. The number of hydrogen-bond donors (Lipinski definition) is 2. The van der Waals surface area contributed by atoms with E-state index in [1.807, 2.05) is 41.5 Å². The number of piperazine rings is 1. The quantitative estimate of drug-likeness (QED) is 0.503. The molecule has 0 bridgehead atoms. The second-order valence-electron chi connectivity index (χ2n) is 9.11. The van der Waals surface area contributed by atoms with Crippen molar-refractivity contribution < 1.29 is 4.79 Å². The summed E-state index contributed by atoms with van der Waals surface area (Å²) in [5.41, 5.74) is 4.75. The van der Waals surface area contributed by atoms with Gasteiger partial charge >= 0.3 is 6.03 Å². The molecule has 3 aromatic rings. The highest BCUT2D eigenvalue weighted by Crippen LogP contribution is 2.34. The topological polar surface area (TPSA) is 60.5 Å². The number of hydrogen-bond acceptors (Lipinski definition) is 5. The maximum absolute atomic E-state index is 13.0. The van der Waals surface area contributed by atoms with Gasteiger partial charge in [-0.2, -0.15) is 0 Å². The van der Waals surface area contributed by atoms with Gasteiger partial charge in [-0.1, -0.05) is 35.7 Å². The van der Waals surface area contributed by atoms with Crippen molar-refractivity contribution >= 4 is 39.8 Å². The maximum atomic E-state index is 13.0. The minimum Gasteiger partial charge on any atom is -0.369 e. The average molecular weight is 506 g/mol. The molecule has 2 N–H and O–H groups in total. The van der Waals surface area contributed by atoms with Gasteiger partial charge < -0.3 is 15.1 Å². The Balaban J connectivity index is 1.26. The summed E-state index contributed by atoms with van der Waals surface area (Å²) >= 11 is 7.42. The molecule has 2 amide bonds. The van der Waals surface area contributed by atoms with Crippen molar-refractivity contribution in [3.63, 3.8) is 0 Å². The number of carbonyl (C=O) groups is 1. The highest BCUT2D eigenvalue weighted by Gasteiger charge is 2.30. The van der Waals surface area contributed by atoms with Crippen LogP contribution in [-0.4, -0.2) is 48.6 Å². The van der Waals surface area contributed by atoms with Gasteiger partial charge in [0.2, 0.25) is 0 Å². The highest BCUT2D eigenvalue weighted by molar-refractivity contribution is 7.14. The Labute approximate surface area is 215 Å². The van der Waals surface area contributed by atoms with Crippen molar-refractivity contribution in [3.8, 4) is 12.3 Å². The Bertz CT molecular complexity index is 1260. The minimum atomic E-state index is -0.712. The predicted molar refractivity (Wildman–Crippen MR) is 144 cm³/mol. The standard InChI is InChI=1S/C27H28ClN5OS/c1-3-27(2,21-5-7-22(28)8-6-21)24-18-35-25(30-24)31-26(34)33-13-10-19-16-23(9-4-20(19)17-33)32-14-11-29-12-15-32/h1,4-9,16,18,29H,10-15,17H2,2H3,(H,30,31,34)/t27-/m0/s1. The van der Waals surface area contributed by atoms with Crippen molar-refractivity contribution in [2.45, 2.75) is 25.3 Å². The van der Waals surface area contributed by atoms with E-state index in [1.54, 1.807) is 0 Å². The molecule has 1 fully saturated rings. The molecule has 180 valence electrons. The minimum absolute atomic E-state index is 0.142. The van der Waals surface area contributed by atoms with E-state index in [1.165, 1.54) is 28.2 Å². The molecule has 8 heteroatoms. The number of urea groups is 1. The van der Waals surface area contributed by atoms with Gasteiger partial charge in [-0.15, -0.1) is 17.8 Å². The van der Waals surface area contributed by atoms with Gasteiger partial charge in [-0.25, -0.2) is 9.78 Å². The zero-order chi connectivity index (χ0) is 24.4. The molecular weight excluding hydrogens is 478 g/mol. The van der Waals surface area contributed by atoms with E-state index >= 15 is 0 Å². The summed E-state index contributed by atoms with van der Waals surface area (Å²) in [7, 11) is 0. The number of benzene rings is 2. The molecule has 3 heterocycles. The second-order valence-corrected chi connectivity index (χ2v) is 10.4. The Morgan fingerprint density at radius 1 is 1.17 bits per heavy atom. The Hall–Kier alpha value is -3.05. The number of nitrogens with one attached hydrogen (secondary N) is 2. The molecule has 0 saturated carbocycles. The summed E-state index contributed by atoms with van der Waals surface area (Å²) in [4.78, 5) is 22.0. The maximum Gasteiger partial charge on any atom is 0.323 e. The van der Waals surface area contributed by atoms with Crippen LogP contribution in [0.25, 0.3) is 0 Å². The smallest absolute Gasteiger partial charge is 0.323 e. The molecule has 0 unspecified atom stereocenters. The van der Waals surface area contributed by atoms with Gasteiger partial charge in [-0.3, -0.25) is 5.32 Å². The molecule has 0 aliphatic carbocycles. The Morgan fingerprint density at radius 3 is 2.69 bits per heavy atom. The highest BCUT2D eigenvalue weighted by atomic mass is 35.5. The molecule has 35 heavy (non-hydrogen) atoms. The zero-order valence-corrected chi connectivity index (χ0v) is 21.3. The van der Waals surface area contributed by atoms with Gasteiger partial charge in [-0.05, 0) is 54.3 Å². The number of aromatic nitrogens is 1. The van der Waals surface area contributed by atoms with Crippen molar-refractivity contribution in [3.05, 3.63) is 75.3 Å². The van der Waals surface area contributed by atoms with E-state index in [9.17, 15) is 4.79 Å². The number of carbonyl (C=O) groups excluding carboxylic acids is 1. The van der Waals surface area contributed by atoms with Gasteiger partial charge in [0.15, 0.2) is 5.13 Å². The average Bonchev–Trinajstić information content (AvgIpc) is 3.37. The van der Waals surface area contributed by atoms with Crippen LogP contribution < -0.4 is 15.5 Å². The van der Waals surface area contributed by atoms with Crippen molar-refractivity contribution in [1.29, 1.82) is 0 Å². The fourth-order valence-electron chi connectivity index (χ4n) is 4.65. The second kappa shape index (κ2) is 9.90. The van der Waals surface area contributed by atoms with Crippen LogP contribution in [0.2, 0.25) is 5.02 Å². The first kappa shape index (κ1) is 23.7. The number of nitrogens with zero attached hydrogens (tertiary/aromatic N) is 3. The van der Waals surface area contributed by atoms with E-state index in [2.05, 4.69) is 44.6 Å². The van der Waals surface area contributed by atoms with Gasteiger partial charge in [0.05, 0.1) is 11.1 Å². The van der Waals surface area contributed by atoms with Crippen LogP contribution in [0.1, 0.15) is 29.3 Å². The fraction of sp³-hybridized carbons (Fsp3) is 0.333. The SMILES string of the molecule is C#C[C@@](C)(c1ccc(Cl)cc1)c1csc(NC(=O)N2CCc3cc(N4CCNCC4)ccc3C2)n1. The van der Waals surface area contributed by atoms with E-state index < -0.39 is 5.41 Å². The lowest BCUT2D eigenvalue weighted by atomic mass is 9.81. The van der Waals surface area contributed by atoms with E-state index in [0.29, 0.717) is 23.2 Å². The zero-order valence-electron chi connectivity index (χ0n) is 19.7. The van der Waals surface area contributed by atoms with Crippen LogP contribution in [0.3, 0.4) is 0 Å². The molecule has 1 atom stereocenters. The lowest BCUT2D eigenvalue weighted by Gasteiger charge is -2.32. The first-order valence-corrected chi connectivity index (χ1v) is 13.1. The molecule has 0 spiro atoms. The van der Waals surface area contributed by atoms with Crippen LogP contribution in [-0.2, 0) is 18.4 Å². The number of anilines is 2. The van der Waals surface area contributed by atoms with Gasteiger partial charge in [0, 0.05) is 55.4 Å². The summed E-state index contributed by atoms with van der Waals surface area (Å²) < 4.78 is 0. The molecule has 1 saturated heterocycles. The van der Waals surface area contributed by atoms with E-state index in [-0.39, 0.29) is 6.03 Å². The fourth-order valence-corrected chi connectivity index (χ4v) is 5.59. The third kappa shape index (κ3) is 4.87. The van der Waals surface area contributed by atoms with Crippen LogP contribution >= 0.6 is 22.9 Å². The molecule has 6 nitrogen and oxygen atoms in total. The Morgan fingerprint density at radius 2 is 1.94 bits per heavy atom. The predicted octanol–water partition coefficient (Wildman–Crippen LogP) is 4.74. The molecular formula is C27H28ClN5OS. The number of halogens is 1. The number of rotatable bonds is 4. The van der Waals surface area contributed by atoms with Gasteiger partial charge in [0.25, 0.3) is 0 Å². The largest absolute Gasteiger partial charge is 0.369 e. The number of fused-ring (bicyclic) bond motifs is 1. The third-order valence-corrected chi connectivity index (χ3v) is 7.92. The summed E-state index contributed by atoms with van der Waals surface area (Å²) in [5, 5.41) is 9.48. The Kier molecular flexibility index (Phi) is 6.70. The summed E-state index contributed by atoms with van der Waals surface area (Å²) in [5.74, 6) is 2.87. The molecule has 2 aliphatic heterocycles. The number of amides is 2. The van der Waals surface area contributed by atoms with Crippen molar-refractivity contribution in [1.82, 2.24) is 15.2 Å². The van der Waals surface area contributed by atoms with Crippen LogP contribution in [0.5, 0.6) is 0 Å². The first-order chi connectivity index (χ1) is 17.0. The van der Waals surface area contributed by atoms with Crippen molar-refractivity contribution in [2.24, 2.45) is 0 Å². The van der Waals surface area contributed by atoms with E-state index in [0.717, 1.165) is 43.9 Å². The molecule has 2 aromatic carbocycles. The third-order valence-electron chi connectivity index (χ3n) is 6.91. The first-order valence-electron chi connectivity index (χ1n) is 11.8.